The van der Waals surface area contributed by atoms with Crippen LogP contribution < -0.4 is 11.1 Å². The quantitative estimate of drug-likeness (QED) is 0.841. The van der Waals surface area contributed by atoms with Gasteiger partial charge in [-0.15, -0.1) is 0 Å². The molecular formula is C16H22N4O. The van der Waals surface area contributed by atoms with E-state index >= 15 is 0 Å². The number of amides is 1. The van der Waals surface area contributed by atoms with Crippen molar-refractivity contribution in [3.63, 3.8) is 0 Å². The first kappa shape index (κ1) is 15.3. The third-order valence-corrected chi connectivity index (χ3v) is 3.71. The zero-order valence-electron chi connectivity index (χ0n) is 12.5. The SMILES string of the molecule is Cc1c(CNC(=O)[C@@H](N)CCc2ccccc2)cnn1C. The lowest BCUT2D eigenvalue weighted by molar-refractivity contribution is -0.122. The van der Waals surface area contributed by atoms with Crippen LogP contribution in [-0.2, 0) is 24.8 Å². The predicted octanol–water partition coefficient (Wildman–Crippen LogP) is 1.30. The predicted molar refractivity (Wildman–Crippen MR) is 82.5 cm³/mol. The van der Waals surface area contributed by atoms with Crippen LogP contribution in [-0.4, -0.2) is 21.7 Å². The first-order valence-corrected chi connectivity index (χ1v) is 7.12. The number of benzene rings is 1. The molecule has 0 spiro atoms. The Morgan fingerprint density at radius 1 is 1.38 bits per heavy atom. The highest BCUT2D eigenvalue weighted by Gasteiger charge is 2.14. The number of nitrogens with zero attached hydrogens (tertiary/aromatic N) is 2. The zero-order valence-corrected chi connectivity index (χ0v) is 12.5. The highest BCUT2D eigenvalue weighted by molar-refractivity contribution is 5.81. The summed E-state index contributed by atoms with van der Waals surface area (Å²) in [4.78, 5) is 12.0. The van der Waals surface area contributed by atoms with Crippen LogP contribution in [0.2, 0.25) is 0 Å². The van der Waals surface area contributed by atoms with E-state index in [0.29, 0.717) is 13.0 Å². The Morgan fingerprint density at radius 3 is 2.71 bits per heavy atom. The topological polar surface area (TPSA) is 72.9 Å². The summed E-state index contributed by atoms with van der Waals surface area (Å²) in [5, 5.41) is 7.02. The maximum atomic E-state index is 12.0. The largest absolute Gasteiger partial charge is 0.351 e. The first-order chi connectivity index (χ1) is 10.1. The van der Waals surface area contributed by atoms with Gasteiger partial charge in [-0.3, -0.25) is 9.48 Å². The minimum atomic E-state index is -0.484. The van der Waals surface area contributed by atoms with Gasteiger partial charge in [0, 0.05) is 24.8 Å². The van der Waals surface area contributed by atoms with Gasteiger partial charge in [0.2, 0.25) is 5.91 Å². The van der Waals surface area contributed by atoms with Crippen molar-refractivity contribution >= 4 is 5.91 Å². The van der Waals surface area contributed by atoms with Gasteiger partial charge in [-0.2, -0.15) is 5.10 Å². The Balaban J connectivity index is 1.79. The van der Waals surface area contributed by atoms with Gasteiger partial charge >= 0.3 is 0 Å². The Hall–Kier alpha value is -2.14. The van der Waals surface area contributed by atoms with Gasteiger partial charge in [0.05, 0.1) is 12.2 Å². The van der Waals surface area contributed by atoms with Gasteiger partial charge in [0.1, 0.15) is 0 Å². The third kappa shape index (κ3) is 4.16. The van der Waals surface area contributed by atoms with Crippen molar-refractivity contribution < 1.29 is 4.79 Å². The number of nitrogens with one attached hydrogen (secondary N) is 1. The highest BCUT2D eigenvalue weighted by Crippen LogP contribution is 2.06. The summed E-state index contributed by atoms with van der Waals surface area (Å²) >= 11 is 0. The molecule has 0 aliphatic heterocycles. The van der Waals surface area contributed by atoms with E-state index in [4.69, 9.17) is 5.73 Å². The number of carbonyl (C=O) groups is 1. The van der Waals surface area contributed by atoms with Crippen molar-refractivity contribution in [1.82, 2.24) is 15.1 Å². The Morgan fingerprint density at radius 2 is 2.10 bits per heavy atom. The van der Waals surface area contributed by atoms with Crippen LogP contribution in [0.25, 0.3) is 0 Å². The first-order valence-electron chi connectivity index (χ1n) is 7.12. The number of hydrogen-bond donors (Lipinski definition) is 2. The molecule has 5 nitrogen and oxygen atoms in total. The summed E-state index contributed by atoms with van der Waals surface area (Å²) in [7, 11) is 1.88. The van der Waals surface area contributed by atoms with Gasteiger partial charge < -0.3 is 11.1 Å². The van der Waals surface area contributed by atoms with Crippen molar-refractivity contribution in [3.05, 3.63) is 53.3 Å². The van der Waals surface area contributed by atoms with E-state index in [2.05, 4.69) is 10.4 Å². The summed E-state index contributed by atoms with van der Waals surface area (Å²) in [6.45, 7) is 2.45. The van der Waals surface area contributed by atoms with Crippen LogP contribution in [0.1, 0.15) is 23.2 Å². The summed E-state index contributed by atoms with van der Waals surface area (Å²) in [5.74, 6) is -0.116. The summed E-state index contributed by atoms with van der Waals surface area (Å²) in [6.07, 6.45) is 3.22. The minimum absolute atomic E-state index is 0.116. The minimum Gasteiger partial charge on any atom is -0.351 e. The van der Waals surface area contributed by atoms with Crippen molar-refractivity contribution in [1.29, 1.82) is 0 Å². The molecule has 0 unspecified atom stereocenters. The molecule has 3 N–H and O–H groups in total. The number of aromatic nitrogens is 2. The van der Waals surface area contributed by atoms with Gasteiger partial charge in [-0.1, -0.05) is 30.3 Å². The van der Waals surface area contributed by atoms with Crippen molar-refractivity contribution in [3.8, 4) is 0 Å². The molecule has 0 saturated heterocycles. The van der Waals surface area contributed by atoms with E-state index in [9.17, 15) is 4.79 Å². The fourth-order valence-corrected chi connectivity index (χ4v) is 2.13. The molecule has 5 heteroatoms. The number of rotatable bonds is 6. The van der Waals surface area contributed by atoms with Crippen molar-refractivity contribution in [2.45, 2.75) is 32.4 Å². The number of aryl methyl sites for hydroxylation is 2. The molecule has 2 rings (SSSR count). The summed E-state index contributed by atoms with van der Waals surface area (Å²) in [6, 6.07) is 9.57. The lowest BCUT2D eigenvalue weighted by Gasteiger charge is -2.12. The van der Waals surface area contributed by atoms with E-state index in [0.717, 1.165) is 17.7 Å². The van der Waals surface area contributed by atoms with Gasteiger partial charge in [0.15, 0.2) is 0 Å². The third-order valence-electron chi connectivity index (χ3n) is 3.71. The molecule has 2 aromatic rings. The fraction of sp³-hybridized carbons (Fsp3) is 0.375. The normalized spacial score (nSPS) is 12.1. The van der Waals surface area contributed by atoms with Crippen molar-refractivity contribution in [2.24, 2.45) is 12.8 Å². The highest BCUT2D eigenvalue weighted by atomic mass is 16.2. The van der Waals surface area contributed by atoms with Crippen molar-refractivity contribution in [2.75, 3.05) is 0 Å². The molecule has 112 valence electrons. The van der Waals surface area contributed by atoms with E-state index in [1.807, 2.05) is 44.3 Å². The Labute approximate surface area is 125 Å². The Kier molecular flexibility index (Phi) is 5.11. The second-order valence-electron chi connectivity index (χ2n) is 5.23. The van der Waals surface area contributed by atoms with Crippen LogP contribution in [0.3, 0.4) is 0 Å². The number of hydrogen-bond acceptors (Lipinski definition) is 3. The van der Waals surface area contributed by atoms with E-state index in [1.54, 1.807) is 10.9 Å². The lowest BCUT2D eigenvalue weighted by atomic mass is 10.1. The molecule has 21 heavy (non-hydrogen) atoms. The molecule has 1 atom stereocenters. The lowest BCUT2D eigenvalue weighted by Crippen LogP contribution is -2.40. The smallest absolute Gasteiger partial charge is 0.237 e. The van der Waals surface area contributed by atoms with Crippen LogP contribution in [0.4, 0.5) is 0 Å². The van der Waals surface area contributed by atoms with Crippen LogP contribution in [0.5, 0.6) is 0 Å². The fourth-order valence-electron chi connectivity index (χ4n) is 2.13. The molecule has 1 amide bonds. The zero-order chi connectivity index (χ0) is 15.2. The summed E-state index contributed by atoms with van der Waals surface area (Å²) in [5.41, 5.74) is 9.20. The molecule has 1 heterocycles. The monoisotopic (exact) mass is 286 g/mol. The molecule has 0 aliphatic carbocycles. The van der Waals surface area contributed by atoms with Gasteiger partial charge in [-0.25, -0.2) is 0 Å². The molecule has 1 aromatic heterocycles. The standard InChI is InChI=1S/C16H22N4O/c1-12-14(11-19-20(12)2)10-18-16(21)15(17)9-8-13-6-4-3-5-7-13/h3-7,11,15H,8-10,17H2,1-2H3,(H,18,21)/t15-/m0/s1. The molecule has 0 aliphatic rings. The average molecular weight is 286 g/mol. The van der Waals surface area contributed by atoms with Crippen LogP contribution in [0.15, 0.2) is 36.5 Å². The molecular weight excluding hydrogens is 264 g/mol. The Bertz CT molecular complexity index is 592. The molecule has 0 bridgehead atoms. The number of nitrogens with two attached hydrogens (primary N) is 1. The summed E-state index contributed by atoms with van der Waals surface area (Å²) < 4.78 is 1.79. The van der Waals surface area contributed by atoms with Crippen LogP contribution >= 0.6 is 0 Å². The van der Waals surface area contributed by atoms with Gasteiger partial charge in [-0.05, 0) is 25.3 Å². The maximum absolute atomic E-state index is 12.0. The second-order valence-corrected chi connectivity index (χ2v) is 5.23. The second kappa shape index (κ2) is 7.04. The van der Waals surface area contributed by atoms with Gasteiger partial charge in [0.25, 0.3) is 0 Å². The molecule has 0 saturated carbocycles. The van der Waals surface area contributed by atoms with Crippen LogP contribution in [0, 0.1) is 6.92 Å². The van der Waals surface area contributed by atoms with E-state index in [1.165, 1.54) is 5.56 Å². The number of carbonyl (C=O) groups excluding carboxylic acids is 1. The molecule has 0 fully saturated rings. The average Bonchev–Trinajstić information content (AvgIpc) is 2.83. The maximum Gasteiger partial charge on any atom is 0.237 e. The molecule has 0 radical (unpaired) electrons. The van der Waals surface area contributed by atoms with E-state index < -0.39 is 6.04 Å². The molecule has 1 aromatic carbocycles. The van der Waals surface area contributed by atoms with E-state index in [-0.39, 0.29) is 5.91 Å².